The van der Waals surface area contributed by atoms with E-state index in [2.05, 4.69) is 5.09 Å². The lowest BCUT2D eigenvalue weighted by molar-refractivity contribution is -0.136. The van der Waals surface area contributed by atoms with Crippen LogP contribution in [0.4, 0.5) is 11.4 Å². The van der Waals surface area contributed by atoms with Gasteiger partial charge in [0.15, 0.2) is 0 Å². The third kappa shape index (κ3) is 2.68. The Morgan fingerprint density at radius 3 is 2.58 bits per heavy atom. The lowest BCUT2D eigenvalue weighted by Gasteiger charge is -2.29. The maximum atomic E-state index is 12.3. The summed E-state index contributed by atoms with van der Waals surface area (Å²) >= 11 is 0. The molecule has 19 heavy (non-hydrogen) atoms. The van der Waals surface area contributed by atoms with Gasteiger partial charge in [0.05, 0.1) is 5.69 Å². The molecule has 0 aliphatic carbocycles. The maximum absolute atomic E-state index is 12.3. The van der Waals surface area contributed by atoms with E-state index < -0.39 is 19.1 Å². The molecule has 0 aromatic heterocycles. The standard InChI is InChI=1S/C11H17N5O2P/c12-8-2-4-9(5-3-8)15-19(18)11(13)6-1-7-16(14)10(11)17/h2-5H,1,6-7,12-14H2,(H,15,18)/q+1/t11-/m0/s1. The lowest BCUT2D eigenvalue weighted by atomic mass is 10.1. The van der Waals surface area contributed by atoms with Crippen molar-refractivity contribution in [1.82, 2.24) is 5.01 Å². The quantitative estimate of drug-likeness (QED) is 0.278. The van der Waals surface area contributed by atoms with Crippen molar-refractivity contribution >= 4 is 25.2 Å². The summed E-state index contributed by atoms with van der Waals surface area (Å²) in [7, 11) is -2.17. The first-order valence-electron chi connectivity index (χ1n) is 5.88. The van der Waals surface area contributed by atoms with Crippen LogP contribution in [0.1, 0.15) is 12.8 Å². The van der Waals surface area contributed by atoms with Crippen LogP contribution in [-0.2, 0) is 9.36 Å². The Morgan fingerprint density at radius 2 is 1.95 bits per heavy atom. The minimum atomic E-state index is -2.17. The summed E-state index contributed by atoms with van der Waals surface area (Å²) in [4.78, 5) is 12.0. The van der Waals surface area contributed by atoms with Crippen LogP contribution in [0, 0.1) is 0 Å². The van der Waals surface area contributed by atoms with Crippen molar-refractivity contribution in [3.8, 4) is 0 Å². The first-order valence-corrected chi connectivity index (χ1v) is 7.14. The zero-order valence-corrected chi connectivity index (χ0v) is 11.3. The molecular weight excluding hydrogens is 265 g/mol. The van der Waals surface area contributed by atoms with E-state index in [0.717, 1.165) is 5.01 Å². The van der Waals surface area contributed by atoms with Gasteiger partial charge in [0.25, 0.3) is 0 Å². The van der Waals surface area contributed by atoms with E-state index in [-0.39, 0.29) is 0 Å². The molecule has 7 N–H and O–H groups in total. The van der Waals surface area contributed by atoms with Crippen LogP contribution < -0.4 is 22.4 Å². The zero-order chi connectivity index (χ0) is 14.0. The summed E-state index contributed by atoms with van der Waals surface area (Å²) in [5.41, 5.74) is 12.7. The molecule has 1 aromatic carbocycles. The SMILES string of the molecule is Nc1ccc(N[P+](=O)[C@@]2(N)CCCN(N)C2=O)cc1. The smallest absolute Gasteiger partial charge is 0.399 e. The number of hydrogen-bond acceptors (Lipinski definition) is 5. The first-order chi connectivity index (χ1) is 8.93. The molecule has 2 rings (SSSR count). The van der Waals surface area contributed by atoms with E-state index in [1.165, 1.54) is 0 Å². The molecule has 1 fully saturated rings. The van der Waals surface area contributed by atoms with Gasteiger partial charge in [-0.2, -0.15) is 5.09 Å². The number of nitrogens with one attached hydrogen (secondary N) is 1. The van der Waals surface area contributed by atoms with Gasteiger partial charge in [0.1, 0.15) is 0 Å². The minimum Gasteiger partial charge on any atom is -0.399 e. The third-order valence-corrected chi connectivity index (χ3v) is 4.69. The summed E-state index contributed by atoms with van der Waals surface area (Å²) < 4.78 is 12.3. The average Bonchev–Trinajstić information content (AvgIpc) is 2.38. The summed E-state index contributed by atoms with van der Waals surface area (Å²) in [5, 5.41) is 2.33. The van der Waals surface area contributed by atoms with Crippen molar-refractivity contribution in [2.75, 3.05) is 17.4 Å². The Bertz CT molecular complexity index is 506. The monoisotopic (exact) mass is 282 g/mol. The topological polar surface area (TPSA) is 127 Å². The van der Waals surface area contributed by atoms with Crippen LogP contribution in [0.2, 0.25) is 0 Å². The van der Waals surface area contributed by atoms with Crippen molar-refractivity contribution in [3.05, 3.63) is 24.3 Å². The van der Waals surface area contributed by atoms with Gasteiger partial charge in [-0.25, -0.2) is 5.84 Å². The third-order valence-electron chi connectivity index (χ3n) is 3.09. The molecule has 1 aliphatic heterocycles. The number of nitrogens with zero attached hydrogens (tertiary/aromatic N) is 1. The average molecular weight is 282 g/mol. The van der Waals surface area contributed by atoms with Gasteiger partial charge in [0.2, 0.25) is 0 Å². The predicted octanol–water partition coefficient (Wildman–Crippen LogP) is 0.574. The lowest BCUT2D eigenvalue weighted by Crippen LogP contribution is -2.59. The van der Waals surface area contributed by atoms with Gasteiger partial charge in [-0.05, 0) is 35.3 Å². The van der Waals surface area contributed by atoms with Crippen molar-refractivity contribution in [2.45, 2.75) is 18.1 Å². The maximum Gasteiger partial charge on any atom is 0.492 e. The van der Waals surface area contributed by atoms with Crippen molar-refractivity contribution in [1.29, 1.82) is 0 Å². The van der Waals surface area contributed by atoms with Crippen LogP contribution in [0.15, 0.2) is 24.3 Å². The largest absolute Gasteiger partial charge is 0.492 e. The summed E-state index contributed by atoms with van der Waals surface area (Å²) in [6.45, 7) is 0.433. The highest BCUT2D eigenvalue weighted by molar-refractivity contribution is 7.49. The number of piperidine rings is 1. The van der Waals surface area contributed by atoms with E-state index in [1.54, 1.807) is 24.3 Å². The Hall–Kier alpha value is -1.69. The highest BCUT2D eigenvalue weighted by atomic mass is 31.1. The predicted molar refractivity (Wildman–Crippen MR) is 74.1 cm³/mol. The van der Waals surface area contributed by atoms with Gasteiger partial charge in [-0.15, -0.1) is 0 Å². The number of hydrazine groups is 1. The molecule has 1 heterocycles. The van der Waals surface area contributed by atoms with Crippen molar-refractivity contribution in [2.24, 2.45) is 11.6 Å². The molecule has 2 atom stereocenters. The molecule has 1 saturated heterocycles. The Kier molecular flexibility index (Phi) is 3.71. The fraction of sp³-hybridized carbons (Fsp3) is 0.364. The number of carbonyl (C=O) groups excluding carboxylic acids is 1. The Morgan fingerprint density at radius 1 is 1.32 bits per heavy atom. The molecule has 0 radical (unpaired) electrons. The molecule has 1 amide bonds. The number of rotatable bonds is 3. The number of nitrogens with two attached hydrogens (primary N) is 3. The normalized spacial score (nSPS) is 24.2. The molecule has 8 heteroatoms. The van der Waals surface area contributed by atoms with E-state index in [4.69, 9.17) is 17.3 Å². The fourth-order valence-electron chi connectivity index (χ4n) is 1.94. The first kappa shape index (κ1) is 13.7. The number of amides is 1. The highest BCUT2D eigenvalue weighted by Gasteiger charge is 2.56. The molecule has 1 unspecified atom stereocenters. The molecule has 1 aliphatic rings. The second-order valence-corrected chi connectivity index (χ2v) is 6.16. The van der Waals surface area contributed by atoms with Gasteiger partial charge in [0, 0.05) is 18.7 Å². The van der Waals surface area contributed by atoms with Crippen molar-refractivity contribution in [3.63, 3.8) is 0 Å². The van der Waals surface area contributed by atoms with Gasteiger partial charge in [-0.3, -0.25) is 15.5 Å². The van der Waals surface area contributed by atoms with Gasteiger partial charge < -0.3 is 5.73 Å². The van der Waals surface area contributed by atoms with Crippen LogP contribution in [0.5, 0.6) is 0 Å². The molecule has 0 saturated carbocycles. The van der Waals surface area contributed by atoms with Crippen LogP contribution >= 0.6 is 7.95 Å². The van der Waals surface area contributed by atoms with Gasteiger partial charge in [-0.1, -0.05) is 0 Å². The molecule has 7 nitrogen and oxygen atoms in total. The number of anilines is 2. The number of nitrogen functional groups attached to an aromatic ring is 1. The summed E-state index contributed by atoms with van der Waals surface area (Å²) in [6.07, 6.45) is 0.972. The fourth-order valence-corrected chi connectivity index (χ4v) is 3.19. The van der Waals surface area contributed by atoms with Crippen LogP contribution in [0.25, 0.3) is 0 Å². The van der Waals surface area contributed by atoms with E-state index in [9.17, 15) is 9.36 Å². The van der Waals surface area contributed by atoms with Gasteiger partial charge >= 0.3 is 19.1 Å². The number of benzene rings is 1. The van der Waals surface area contributed by atoms with E-state index >= 15 is 0 Å². The molecule has 1 aromatic rings. The molecule has 0 bridgehead atoms. The molecular formula is C11H17N5O2P+. The van der Waals surface area contributed by atoms with Crippen molar-refractivity contribution < 1.29 is 9.36 Å². The number of carbonyl (C=O) groups is 1. The highest BCUT2D eigenvalue weighted by Crippen LogP contribution is 2.41. The molecule has 102 valence electrons. The molecule has 0 spiro atoms. The van der Waals surface area contributed by atoms with Crippen LogP contribution in [0.3, 0.4) is 0 Å². The van der Waals surface area contributed by atoms with E-state index in [0.29, 0.717) is 30.8 Å². The zero-order valence-electron chi connectivity index (χ0n) is 10.4. The summed E-state index contributed by atoms with van der Waals surface area (Å²) in [6, 6.07) is 6.71. The minimum absolute atomic E-state index is 0.344. The Balaban J connectivity index is 2.14. The van der Waals surface area contributed by atoms with Crippen LogP contribution in [-0.4, -0.2) is 22.7 Å². The Labute approximate surface area is 111 Å². The second kappa shape index (κ2) is 5.13. The number of hydrogen-bond donors (Lipinski definition) is 4. The second-order valence-electron chi connectivity index (χ2n) is 4.55. The van der Waals surface area contributed by atoms with E-state index in [1.807, 2.05) is 0 Å². The summed E-state index contributed by atoms with van der Waals surface area (Å²) in [5.74, 6) is 5.04.